The molecule has 0 spiro atoms. The minimum absolute atomic E-state index is 0.0826. The number of methoxy groups -OCH3 is 2. The molecule has 0 bridgehead atoms. The van der Waals surface area contributed by atoms with Crippen LogP contribution in [-0.4, -0.2) is 75.3 Å². The summed E-state index contributed by atoms with van der Waals surface area (Å²) >= 11 is 0. The first-order chi connectivity index (χ1) is 11.5. The highest BCUT2D eigenvalue weighted by molar-refractivity contribution is 6.66. The summed E-state index contributed by atoms with van der Waals surface area (Å²) in [5, 5.41) is 0. The molecule has 0 radical (unpaired) electrons. The highest BCUT2D eigenvalue weighted by atomic mass is 28.4. The van der Waals surface area contributed by atoms with Gasteiger partial charge in [0.2, 0.25) is 0 Å². The van der Waals surface area contributed by atoms with Crippen molar-refractivity contribution in [2.24, 2.45) is 0 Å². The summed E-state index contributed by atoms with van der Waals surface area (Å²) in [4.78, 5) is 2.23. The van der Waals surface area contributed by atoms with Gasteiger partial charge in [0.15, 0.2) is 5.53 Å². The molecule has 24 heavy (non-hydrogen) atoms. The monoisotopic (exact) mass is 371 g/mol. The van der Waals surface area contributed by atoms with Gasteiger partial charge in [0.25, 0.3) is 0 Å². The average molecular weight is 372 g/mol. The fraction of sp³-hybridized carbons (Fsp3) is 0.625. The Hall–Kier alpha value is -0.746. The molecule has 1 fully saturated rings. The molecule has 1 aliphatic rings. The van der Waals surface area contributed by atoms with Crippen molar-refractivity contribution >= 4 is 18.1 Å². The second-order valence-corrected chi connectivity index (χ2v) is 10.9. The second kappa shape index (κ2) is 8.57. The van der Waals surface area contributed by atoms with E-state index in [4.69, 9.17) is 23.1 Å². The zero-order valence-electron chi connectivity index (χ0n) is 15.3. The predicted molar refractivity (Wildman–Crippen MR) is 98.2 cm³/mol. The number of nitrogens with zero attached hydrogens (tertiary/aromatic N) is 1. The van der Waals surface area contributed by atoms with Gasteiger partial charge in [-0.2, -0.15) is 0 Å². The van der Waals surface area contributed by atoms with Gasteiger partial charge in [-0.1, -0.05) is 24.7 Å². The average Bonchev–Trinajstić information content (AvgIpc) is 2.63. The van der Waals surface area contributed by atoms with Crippen LogP contribution < -0.4 is 4.74 Å². The third-order valence-corrected chi connectivity index (χ3v) is 9.07. The zero-order chi connectivity index (χ0) is 17.6. The lowest BCUT2D eigenvalue weighted by Gasteiger charge is -2.49. The highest BCUT2D eigenvalue weighted by Gasteiger charge is 2.48. The standard InChI is InChI=1S/C16H29NO5Si2/c1-18-16(19-2,23-4)17-11-15(22-24(5,13-17)20-3)12-21-14-9-7-6-8-10-14/h6-10,15H,11-13,23H2,1-5H3. The van der Waals surface area contributed by atoms with E-state index < -0.39 is 23.6 Å². The fourth-order valence-corrected chi connectivity index (χ4v) is 6.80. The summed E-state index contributed by atoms with van der Waals surface area (Å²) in [6.45, 7) is 5.42. The largest absolute Gasteiger partial charge is 0.491 e. The molecule has 1 saturated heterocycles. The molecule has 2 atom stereocenters. The van der Waals surface area contributed by atoms with Gasteiger partial charge in [-0.25, -0.2) is 0 Å². The molecule has 1 heterocycles. The molecular formula is C16H29NO5Si2. The molecule has 0 aliphatic carbocycles. The van der Waals surface area contributed by atoms with E-state index >= 15 is 0 Å². The van der Waals surface area contributed by atoms with Crippen molar-refractivity contribution in [1.29, 1.82) is 0 Å². The molecule has 0 amide bonds. The molecule has 1 aromatic carbocycles. The highest BCUT2D eigenvalue weighted by Crippen LogP contribution is 2.27. The maximum atomic E-state index is 6.26. The van der Waals surface area contributed by atoms with Gasteiger partial charge >= 0.3 is 8.56 Å². The van der Waals surface area contributed by atoms with Gasteiger partial charge in [-0.05, 0) is 18.7 Å². The Morgan fingerprint density at radius 2 is 1.92 bits per heavy atom. The minimum atomic E-state index is -2.33. The number of benzene rings is 1. The smallest absolute Gasteiger partial charge is 0.349 e. The molecule has 0 saturated carbocycles. The fourth-order valence-electron chi connectivity index (χ4n) is 3.10. The SMILES string of the molecule is COC(OC)([SiH2]C)N1CC(COc2ccccc2)O[Si](C)(OC)C1. The van der Waals surface area contributed by atoms with Crippen LogP contribution in [0.4, 0.5) is 0 Å². The maximum absolute atomic E-state index is 6.26. The van der Waals surface area contributed by atoms with Crippen LogP contribution in [0.2, 0.25) is 13.1 Å². The normalized spacial score (nSPS) is 26.1. The van der Waals surface area contributed by atoms with Crippen molar-refractivity contribution < 1.29 is 23.1 Å². The topological polar surface area (TPSA) is 49.4 Å². The second-order valence-electron chi connectivity index (χ2n) is 6.06. The van der Waals surface area contributed by atoms with Gasteiger partial charge in [0.05, 0.1) is 6.10 Å². The molecule has 8 heteroatoms. The molecule has 1 aliphatic heterocycles. The lowest BCUT2D eigenvalue weighted by atomic mass is 10.3. The zero-order valence-corrected chi connectivity index (χ0v) is 17.7. The lowest BCUT2D eigenvalue weighted by molar-refractivity contribution is -0.245. The summed E-state index contributed by atoms with van der Waals surface area (Å²) in [6, 6.07) is 9.78. The van der Waals surface area contributed by atoms with E-state index in [1.807, 2.05) is 30.3 Å². The van der Waals surface area contributed by atoms with Gasteiger partial charge < -0.3 is 23.1 Å². The van der Waals surface area contributed by atoms with Crippen molar-refractivity contribution in [3.8, 4) is 5.75 Å². The molecule has 0 N–H and O–H groups in total. The Kier molecular flexibility index (Phi) is 6.99. The van der Waals surface area contributed by atoms with Gasteiger partial charge in [0, 0.05) is 34.0 Å². The molecule has 136 valence electrons. The predicted octanol–water partition coefficient (Wildman–Crippen LogP) is 1.14. The van der Waals surface area contributed by atoms with E-state index in [9.17, 15) is 0 Å². The summed E-state index contributed by atoms with van der Waals surface area (Å²) in [6.07, 6.45) is 0.634. The first-order valence-electron chi connectivity index (χ1n) is 8.27. The number of ether oxygens (including phenoxy) is 3. The maximum Gasteiger partial charge on any atom is 0.349 e. The Bertz CT molecular complexity index is 494. The lowest BCUT2D eigenvalue weighted by Crippen LogP contribution is -2.68. The molecule has 2 rings (SSSR count). The van der Waals surface area contributed by atoms with E-state index in [-0.39, 0.29) is 6.10 Å². The van der Waals surface area contributed by atoms with Crippen LogP contribution in [-0.2, 0) is 18.3 Å². The van der Waals surface area contributed by atoms with Crippen LogP contribution in [0.3, 0.4) is 0 Å². The Balaban J connectivity index is 2.11. The molecular weight excluding hydrogens is 342 g/mol. The third kappa shape index (κ3) is 4.45. The number of hydrogen-bond donors (Lipinski definition) is 0. The Morgan fingerprint density at radius 1 is 1.25 bits per heavy atom. The van der Waals surface area contributed by atoms with Crippen LogP contribution in [0.1, 0.15) is 0 Å². The van der Waals surface area contributed by atoms with Crippen molar-refractivity contribution in [2.75, 3.05) is 40.6 Å². The van der Waals surface area contributed by atoms with Crippen LogP contribution in [0, 0.1) is 0 Å². The van der Waals surface area contributed by atoms with Gasteiger partial charge in [-0.3, -0.25) is 4.90 Å². The quantitative estimate of drug-likeness (QED) is 0.505. The van der Waals surface area contributed by atoms with Crippen LogP contribution >= 0.6 is 0 Å². The van der Waals surface area contributed by atoms with Crippen molar-refractivity contribution in [3.63, 3.8) is 0 Å². The first kappa shape index (κ1) is 19.6. The van der Waals surface area contributed by atoms with E-state index in [2.05, 4.69) is 18.0 Å². The first-order valence-corrected chi connectivity index (χ1v) is 12.9. The summed E-state index contributed by atoms with van der Waals surface area (Å²) in [7, 11) is 2.19. The third-order valence-electron chi connectivity index (χ3n) is 4.50. The van der Waals surface area contributed by atoms with Crippen LogP contribution in [0.25, 0.3) is 0 Å². The Morgan fingerprint density at radius 3 is 2.46 bits per heavy atom. The van der Waals surface area contributed by atoms with E-state index in [1.165, 1.54) is 0 Å². The van der Waals surface area contributed by atoms with E-state index in [0.29, 0.717) is 19.3 Å². The number of hydrogen-bond acceptors (Lipinski definition) is 6. The number of para-hydroxylation sites is 1. The number of rotatable bonds is 8. The van der Waals surface area contributed by atoms with Gasteiger partial charge in [0.1, 0.15) is 21.9 Å². The van der Waals surface area contributed by atoms with Crippen molar-refractivity contribution in [2.45, 2.75) is 24.7 Å². The molecule has 1 aromatic rings. The van der Waals surface area contributed by atoms with Crippen molar-refractivity contribution in [1.82, 2.24) is 4.90 Å². The molecule has 6 nitrogen and oxygen atoms in total. The summed E-state index contributed by atoms with van der Waals surface area (Å²) < 4.78 is 29.4. The van der Waals surface area contributed by atoms with E-state index in [1.54, 1.807) is 21.3 Å². The van der Waals surface area contributed by atoms with Crippen LogP contribution in [0.15, 0.2) is 30.3 Å². The summed E-state index contributed by atoms with van der Waals surface area (Å²) in [5.74, 6) is 0.841. The molecule has 0 aromatic heterocycles. The van der Waals surface area contributed by atoms with Crippen LogP contribution in [0.5, 0.6) is 5.75 Å². The van der Waals surface area contributed by atoms with E-state index in [0.717, 1.165) is 5.75 Å². The summed E-state index contributed by atoms with van der Waals surface area (Å²) in [5.41, 5.74) is -0.623. The van der Waals surface area contributed by atoms with Crippen molar-refractivity contribution in [3.05, 3.63) is 30.3 Å². The molecule has 2 unspecified atom stereocenters. The van der Waals surface area contributed by atoms with Gasteiger partial charge in [-0.15, -0.1) is 0 Å². The minimum Gasteiger partial charge on any atom is -0.491 e. The Labute approximate surface area is 148 Å².